The fourth-order valence-corrected chi connectivity index (χ4v) is 3.71. The summed E-state index contributed by atoms with van der Waals surface area (Å²) in [6.07, 6.45) is 2.68. The SMILES string of the molecule is CC1(C)C(CN)C1c1ccc(N2CCCC2)cc1. The Hall–Kier alpha value is -1.02. The van der Waals surface area contributed by atoms with Gasteiger partial charge >= 0.3 is 0 Å². The summed E-state index contributed by atoms with van der Waals surface area (Å²) in [4.78, 5) is 2.49. The van der Waals surface area contributed by atoms with Crippen LogP contribution in [0, 0.1) is 11.3 Å². The lowest BCUT2D eigenvalue weighted by Crippen LogP contribution is -2.17. The standard InChI is InChI=1S/C16H24N2/c1-16(2)14(11-17)15(16)12-5-7-13(8-6-12)18-9-3-4-10-18/h5-8,14-15H,3-4,9-11,17H2,1-2H3. The number of nitrogens with zero attached hydrogens (tertiary/aromatic N) is 1. The Kier molecular flexibility index (Phi) is 2.86. The molecule has 1 saturated carbocycles. The number of anilines is 1. The van der Waals surface area contributed by atoms with Crippen molar-refractivity contribution in [2.24, 2.45) is 17.1 Å². The Labute approximate surface area is 110 Å². The van der Waals surface area contributed by atoms with Gasteiger partial charge in [0.25, 0.3) is 0 Å². The number of hydrogen-bond donors (Lipinski definition) is 1. The summed E-state index contributed by atoms with van der Waals surface area (Å²) in [6, 6.07) is 9.22. The van der Waals surface area contributed by atoms with Gasteiger partial charge in [0.2, 0.25) is 0 Å². The third-order valence-corrected chi connectivity index (χ3v) is 5.03. The van der Waals surface area contributed by atoms with Crippen LogP contribution in [0.25, 0.3) is 0 Å². The van der Waals surface area contributed by atoms with Crippen molar-refractivity contribution < 1.29 is 0 Å². The maximum atomic E-state index is 5.86. The molecule has 2 fully saturated rings. The van der Waals surface area contributed by atoms with E-state index in [9.17, 15) is 0 Å². The highest BCUT2D eigenvalue weighted by molar-refractivity contribution is 5.50. The van der Waals surface area contributed by atoms with Crippen LogP contribution in [-0.2, 0) is 0 Å². The third kappa shape index (κ3) is 1.83. The lowest BCUT2D eigenvalue weighted by molar-refractivity contribution is 0.558. The average Bonchev–Trinajstić information content (AvgIpc) is 2.77. The molecule has 1 saturated heterocycles. The summed E-state index contributed by atoms with van der Waals surface area (Å²) < 4.78 is 0. The molecule has 2 N–H and O–H groups in total. The molecule has 3 rings (SSSR count). The molecule has 1 aliphatic carbocycles. The van der Waals surface area contributed by atoms with E-state index in [1.807, 2.05) is 0 Å². The van der Waals surface area contributed by atoms with Crippen molar-refractivity contribution in [3.8, 4) is 0 Å². The zero-order valence-electron chi connectivity index (χ0n) is 11.5. The summed E-state index contributed by atoms with van der Waals surface area (Å²) in [5.74, 6) is 1.32. The fraction of sp³-hybridized carbons (Fsp3) is 0.625. The predicted molar refractivity (Wildman–Crippen MR) is 77.0 cm³/mol. The van der Waals surface area contributed by atoms with E-state index in [1.54, 1.807) is 0 Å². The van der Waals surface area contributed by atoms with Crippen LogP contribution in [-0.4, -0.2) is 19.6 Å². The first-order chi connectivity index (χ1) is 8.64. The van der Waals surface area contributed by atoms with Gasteiger partial charge in [0.15, 0.2) is 0 Å². The zero-order chi connectivity index (χ0) is 12.8. The van der Waals surface area contributed by atoms with Gasteiger partial charge < -0.3 is 10.6 Å². The molecule has 1 aromatic carbocycles. The maximum Gasteiger partial charge on any atom is 0.0366 e. The number of nitrogens with two attached hydrogens (primary N) is 1. The molecule has 2 aliphatic rings. The van der Waals surface area contributed by atoms with Crippen LogP contribution in [0.2, 0.25) is 0 Å². The Morgan fingerprint density at radius 1 is 1.17 bits per heavy atom. The minimum absolute atomic E-state index is 0.393. The van der Waals surface area contributed by atoms with Gasteiger partial charge in [0.1, 0.15) is 0 Å². The second-order valence-electron chi connectivity index (χ2n) is 6.43. The third-order valence-electron chi connectivity index (χ3n) is 5.03. The molecule has 98 valence electrons. The quantitative estimate of drug-likeness (QED) is 0.885. The van der Waals surface area contributed by atoms with Crippen molar-refractivity contribution in [2.75, 3.05) is 24.5 Å². The van der Waals surface area contributed by atoms with E-state index in [2.05, 4.69) is 43.0 Å². The minimum atomic E-state index is 0.393. The van der Waals surface area contributed by atoms with E-state index in [1.165, 1.54) is 37.2 Å². The molecule has 2 nitrogen and oxygen atoms in total. The first-order valence-corrected chi connectivity index (χ1v) is 7.19. The van der Waals surface area contributed by atoms with Gasteiger partial charge in [0.05, 0.1) is 0 Å². The molecule has 1 aromatic rings. The molecule has 0 bridgehead atoms. The van der Waals surface area contributed by atoms with Crippen molar-refractivity contribution in [3.63, 3.8) is 0 Å². The largest absolute Gasteiger partial charge is 0.372 e. The molecule has 2 unspecified atom stereocenters. The molecule has 0 radical (unpaired) electrons. The van der Waals surface area contributed by atoms with Gasteiger partial charge in [-0.3, -0.25) is 0 Å². The van der Waals surface area contributed by atoms with Crippen molar-refractivity contribution in [1.82, 2.24) is 0 Å². The van der Waals surface area contributed by atoms with Crippen molar-refractivity contribution >= 4 is 5.69 Å². The highest BCUT2D eigenvalue weighted by Gasteiger charge is 2.57. The van der Waals surface area contributed by atoms with Crippen LogP contribution in [0.4, 0.5) is 5.69 Å². The average molecular weight is 244 g/mol. The highest BCUT2D eigenvalue weighted by Crippen LogP contribution is 2.63. The second-order valence-corrected chi connectivity index (χ2v) is 6.43. The van der Waals surface area contributed by atoms with E-state index < -0.39 is 0 Å². The molecule has 18 heavy (non-hydrogen) atoms. The lowest BCUT2D eigenvalue weighted by Gasteiger charge is -2.17. The van der Waals surface area contributed by atoms with Crippen molar-refractivity contribution in [1.29, 1.82) is 0 Å². The van der Waals surface area contributed by atoms with Crippen molar-refractivity contribution in [3.05, 3.63) is 29.8 Å². The smallest absolute Gasteiger partial charge is 0.0366 e. The molecule has 2 heteroatoms. The Balaban J connectivity index is 1.76. The maximum absolute atomic E-state index is 5.86. The van der Waals surface area contributed by atoms with Crippen LogP contribution in [0.3, 0.4) is 0 Å². The van der Waals surface area contributed by atoms with Crippen molar-refractivity contribution in [2.45, 2.75) is 32.6 Å². The zero-order valence-corrected chi connectivity index (χ0v) is 11.5. The molecule has 0 spiro atoms. The van der Waals surface area contributed by atoms with Crippen LogP contribution in [0.1, 0.15) is 38.2 Å². The van der Waals surface area contributed by atoms with Crippen LogP contribution in [0.15, 0.2) is 24.3 Å². The lowest BCUT2D eigenvalue weighted by atomic mass is 10.0. The monoisotopic (exact) mass is 244 g/mol. The molecule has 1 heterocycles. The van der Waals surface area contributed by atoms with E-state index in [-0.39, 0.29) is 0 Å². The summed E-state index contributed by atoms with van der Waals surface area (Å²) >= 11 is 0. The molecular weight excluding hydrogens is 220 g/mol. The predicted octanol–water partition coefficient (Wildman–Crippen LogP) is 2.99. The Morgan fingerprint density at radius 2 is 1.78 bits per heavy atom. The van der Waals surface area contributed by atoms with Crippen LogP contribution in [0.5, 0.6) is 0 Å². The summed E-state index contributed by atoms with van der Waals surface area (Å²) in [7, 11) is 0. The molecule has 2 atom stereocenters. The Morgan fingerprint density at radius 3 is 2.28 bits per heavy atom. The Bertz CT molecular complexity index is 415. The fourth-order valence-electron chi connectivity index (χ4n) is 3.71. The van der Waals surface area contributed by atoms with E-state index in [0.29, 0.717) is 17.3 Å². The molecule has 0 aromatic heterocycles. The highest BCUT2D eigenvalue weighted by atomic mass is 15.1. The first kappa shape index (κ1) is 12.0. The normalized spacial score (nSPS) is 29.6. The molecular formula is C16H24N2. The summed E-state index contributed by atoms with van der Waals surface area (Å²) in [6.45, 7) is 7.93. The van der Waals surface area contributed by atoms with Gasteiger partial charge in [-0.2, -0.15) is 0 Å². The molecule has 1 aliphatic heterocycles. The van der Waals surface area contributed by atoms with Gasteiger partial charge in [0, 0.05) is 18.8 Å². The van der Waals surface area contributed by atoms with Crippen LogP contribution < -0.4 is 10.6 Å². The van der Waals surface area contributed by atoms with E-state index in [4.69, 9.17) is 5.73 Å². The molecule has 0 amide bonds. The summed E-state index contributed by atoms with van der Waals surface area (Å²) in [5, 5.41) is 0. The van der Waals surface area contributed by atoms with Crippen LogP contribution >= 0.6 is 0 Å². The van der Waals surface area contributed by atoms with Gasteiger partial charge in [-0.1, -0.05) is 26.0 Å². The van der Waals surface area contributed by atoms with E-state index in [0.717, 1.165) is 6.54 Å². The van der Waals surface area contributed by atoms with Gasteiger partial charge in [-0.25, -0.2) is 0 Å². The topological polar surface area (TPSA) is 29.3 Å². The van der Waals surface area contributed by atoms with E-state index >= 15 is 0 Å². The minimum Gasteiger partial charge on any atom is -0.372 e. The van der Waals surface area contributed by atoms with Gasteiger partial charge in [-0.05, 0) is 54.3 Å². The number of rotatable bonds is 3. The first-order valence-electron chi connectivity index (χ1n) is 7.19. The number of benzene rings is 1. The second kappa shape index (κ2) is 4.27. The van der Waals surface area contributed by atoms with Gasteiger partial charge in [-0.15, -0.1) is 0 Å². The summed E-state index contributed by atoms with van der Waals surface area (Å²) in [5.41, 5.74) is 9.11. The number of hydrogen-bond acceptors (Lipinski definition) is 2.